The van der Waals surface area contributed by atoms with Crippen LogP contribution in [-0.2, 0) is 4.74 Å². The van der Waals surface area contributed by atoms with E-state index in [1.54, 1.807) is 30.3 Å². The lowest BCUT2D eigenvalue weighted by atomic mass is 10.1. The SMILES string of the molecule is COC(=O)c1ccc(OCC(=O)c2ccc(OC)c(Cl)c2)c(Br)c1. The van der Waals surface area contributed by atoms with Crippen LogP contribution in [0.4, 0.5) is 0 Å². The van der Waals surface area contributed by atoms with E-state index in [0.717, 1.165) is 0 Å². The summed E-state index contributed by atoms with van der Waals surface area (Å²) in [5, 5.41) is 0.354. The fraction of sp³-hybridized carbons (Fsp3) is 0.176. The quantitative estimate of drug-likeness (QED) is 0.526. The van der Waals surface area contributed by atoms with Gasteiger partial charge in [0, 0.05) is 5.56 Å². The predicted molar refractivity (Wildman–Crippen MR) is 93.3 cm³/mol. The van der Waals surface area contributed by atoms with Gasteiger partial charge in [0.2, 0.25) is 0 Å². The third-order valence-corrected chi connectivity index (χ3v) is 4.10. The Bertz CT molecular complexity index is 776. The largest absolute Gasteiger partial charge is 0.495 e. The molecule has 0 aliphatic carbocycles. The highest BCUT2D eigenvalue weighted by Gasteiger charge is 2.13. The molecule has 2 rings (SSSR count). The van der Waals surface area contributed by atoms with Crippen LogP contribution < -0.4 is 9.47 Å². The molecular formula is C17H14BrClO5. The zero-order valence-corrected chi connectivity index (χ0v) is 15.3. The summed E-state index contributed by atoms with van der Waals surface area (Å²) in [6.45, 7) is -0.168. The number of rotatable bonds is 6. The third kappa shape index (κ3) is 4.27. The molecule has 0 fully saturated rings. The number of carbonyl (C=O) groups excluding carboxylic acids is 2. The molecule has 0 unspecified atom stereocenters. The molecular weight excluding hydrogens is 400 g/mol. The maximum atomic E-state index is 12.2. The van der Waals surface area contributed by atoms with Crippen molar-refractivity contribution in [3.05, 3.63) is 57.0 Å². The monoisotopic (exact) mass is 412 g/mol. The van der Waals surface area contributed by atoms with Gasteiger partial charge in [-0.25, -0.2) is 4.79 Å². The number of esters is 1. The molecule has 0 aliphatic rings. The third-order valence-electron chi connectivity index (χ3n) is 3.19. The van der Waals surface area contributed by atoms with Gasteiger partial charge in [-0.3, -0.25) is 4.79 Å². The van der Waals surface area contributed by atoms with Crippen LogP contribution in [0.1, 0.15) is 20.7 Å². The van der Waals surface area contributed by atoms with Crippen molar-refractivity contribution < 1.29 is 23.8 Å². The second-order valence-electron chi connectivity index (χ2n) is 4.70. The van der Waals surface area contributed by atoms with Gasteiger partial charge in [-0.15, -0.1) is 0 Å². The molecule has 0 saturated carbocycles. The Morgan fingerprint density at radius 1 is 1.04 bits per heavy atom. The number of benzene rings is 2. The van der Waals surface area contributed by atoms with E-state index in [-0.39, 0.29) is 12.4 Å². The van der Waals surface area contributed by atoms with E-state index in [9.17, 15) is 9.59 Å². The highest BCUT2D eigenvalue weighted by molar-refractivity contribution is 9.10. The maximum Gasteiger partial charge on any atom is 0.337 e. The summed E-state index contributed by atoms with van der Waals surface area (Å²) in [6.07, 6.45) is 0. The van der Waals surface area contributed by atoms with Crippen molar-refractivity contribution in [2.75, 3.05) is 20.8 Å². The summed E-state index contributed by atoms with van der Waals surface area (Å²) in [5.41, 5.74) is 0.799. The van der Waals surface area contributed by atoms with Gasteiger partial charge in [0.05, 0.1) is 29.3 Å². The number of ketones is 1. The first-order chi connectivity index (χ1) is 11.5. The summed E-state index contributed by atoms with van der Waals surface area (Å²) in [6, 6.07) is 9.48. The maximum absolute atomic E-state index is 12.2. The van der Waals surface area contributed by atoms with E-state index in [0.29, 0.717) is 32.1 Å². The van der Waals surface area contributed by atoms with Crippen LogP contribution >= 0.6 is 27.5 Å². The topological polar surface area (TPSA) is 61.8 Å². The van der Waals surface area contributed by atoms with Gasteiger partial charge in [0.25, 0.3) is 0 Å². The van der Waals surface area contributed by atoms with Crippen molar-refractivity contribution in [3.63, 3.8) is 0 Å². The van der Waals surface area contributed by atoms with Gasteiger partial charge in [0.1, 0.15) is 11.5 Å². The van der Waals surface area contributed by atoms with Crippen molar-refractivity contribution in [2.45, 2.75) is 0 Å². The van der Waals surface area contributed by atoms with Gasteiger partial charge >= 0.3 is 5.97 Å². The predicted octanol–water partition coefficient (Wildman–Crippen LogP) is 4.16. The summed E-state index contributed by atoms with van der Waals surface area (Å²) in [7, 11) is 2.81. The van der Waals surface area contributed by atoms with Crippen LogP contribution in [0, 0.1) is 0 Å². The average molecular weight is 414 g/mol. The van der Waals surface area contributed by atoms with Crippen molar-refractivity contribution >= 4 is 39.3 Å². The van der Waals surface area contributed by atoms with E-state index < -0.39 is 5.97 Å². The number of hydrogen-bond acceptors (Lipinski definition) is 5. The van der Waals surface area contributed by atoms with Gasteiger partial charge < -0.3 is 14.2 Å². The number of carbonyl (C=O) groups is 2. The molecule has 0 atom stereocenters. The molecule has 0 aromatic heterocycles. The molecule has 5 nitrogen and oxygen atoms in total. The van der Waals surface area contributed by atoms with Crippen LogP contribution in [0.25, 0.3) is 0 Å². The van der Waals surface area contributed by atoms with Crippen LogP contribution in [0.5, 0.6) is 11.5 Å². The summed E-state index contributed by atoms with van der Waals surface area (Å²) >= 11 is 9.31. The summed E-state index contributed by atoms with van der Waals surface area (Å²) in [5.74, 6) is 0.251. The Morgan fingerprint density at radius 3 is 2.29 bits per heavy atom. The number of methoxy groups -OCH3 is 2. The molecule has 0 radical (unpaired) electrons. The van der Waals surface area contributed by atoms with E-state index in [1.807, 2.05) is 0 Å². The molecule has 126 valence electrons. The van der Waals surface area contributed by atoms with Gasteiger partial charge in [-0.05, 0) is 52.3 Å². The number of Topliss-reactive ketones (excluding diaryl/α,β-unsaturated/α-hetero) is 1. The lowest BCUT2D eigenvalue weighted by Crippen LogP contribution is -2.12. The Kier molecular flexibility index (Phi) is 6.23. The van der Waals surface area contributed by atoms with E-state index >= 15 is 0 Å². The van der Waals surface area contributed by atoms with E-state index in [1.165, 1.54) is 20.3 Å². The van der Waals surface area contributed by atoms with E-state index in [2.05, 4.69) is 20.7 Å². The zero-order valence-electron chi connectivity index (χ0n) is 13.0. The molecule has 7 heteroatoms. The minimum Gasteiger partial charge on any atom is -0.495 e. The molecule has 2 aromatic rings. The lowest BCUT2D eigenvalue weighted by Gasteiger charge is -2.09. The van der Waals surface area contributed by atoms with Crippen LogP contribution in [-0.4, -0.2) is 32.6 Å². The van der Waals surface area contributed by atoms with Gasteiger partial charge in [0.15, 0.2) is 12.4 Å². The second kappa shape index (κ2) is 8.17. The molecule has 24 heavy (non-hydrogen) atoms. The number of hydrogen-bond donors (Lipinski definition) is 0. The smallest absolute Gasteiger partial charge is 0.337 e. The summed E-state index contributed by atoms with van der Waals surface area (Å²) < 4.78 is 15.7. The van der Waals surface area contributed by atoms with Crippen molar-refractivity contribution in [1.29, 1.82) is 0 Å². The molecule has 0 bridgehead atoms. The Hall–Kier alpha value is -2.05. The highest BCUT2D eigenvalue weighted by Crippen LogP contribution is 2.27. The Balaban J connectivity index is 2.06. The van der Waals surface area contributed by atoms with Crippen molar-refractivity contribution in [1.82, 2.24) is 0 Å². The molecule has 0 saturated heterocycles. The Morgan fingerprint density at radius 2 is 1.71 bits per heavy atom. The van der Waals surface area contributed by atoms with Crippen molar-refractivity contribution in [2.24, 2.45) is 0 Å². The molecule has 0 aliphatic heterocycles. The minimum absolute atomic E-state index is 0.168. The highest BCUT2D eigenvalue weighted by atomic mass is 79.9. The normalized spacial score (nSPS) is 10.2. The molecule has 0 N–H and O–H groups in total. The minimum atomic E-state index is -0.453. The second-order valence-corrected chi connectivity index (χ2v) is 5.96. The first kappa shape index (κ1) is 18.3. The van der Waals surface area contributed by atoms with Crippen LogP contribution in [0.15, 0.2) is 40.9 Å². The van der Waals surface area contributed by atoms with Crippen LogP contribution in [0.2, 0.25) is 5.02 Å². The first-order valence-electron chi connectivity index (χ1n) is 6.83. The standard InChI is InChI=1S/C17H14BrClO5/c1-22-16-6-3-10(8-13(16)19)14(20)9-24-15-5-4-11(7-12(15)18)17(21)23-2/h3-8H,9H2,1-2H3. The van der Waals surface area contributed by atoms with Crippen LogP contribution in [0.3, 0.4) is 0 Å². The lowest BCUT2D eigenvalue weighted by molar-refractivity contribution is 0.0600. The molecule has 2 aromatic carbocycles. The van der Waals surface area contributed by atoms with Gasteiger partial charge in [-0.2, -0.15) is 0 Å². The summed E-state index contributed by atoms with van der Waals surface area (Å²) in [4.78, 5) is 23.6. The van der Waals surface area contributed by atoms with E-state index in [4.69, 9.17) is 21.1 Å². The fourth-order valence-electron chi connectivity index (χ4n) is 1.93. The molecule has 0 spiro atoms. The zero-order chi connectivity index (χ0) is 17.7. The molecule has 0 amide bonds. The first-order valence-corrected chi connectivity index (χ1v) is 8.00. The number of halogens is 2. The molecule has 0 heterocycles. The number of ether oxygens (including phenoxy) is 3. The van der Waals surface area contributed by atoms with Gasteiger partial charge in [-0.1, -0.05) is 11.6 Å². The fourth-order valence-corrected chi connectivity index (χ4v) is 2.68. The Labute approximate surface area is 152 Å². The van der Waals surface area contributed by atoms with Crippen molar-refractivity contribution in [3.8, 4) is 11.5 Å². The average Bonchev–Trinajstić information content (AvgIpc) is 2.59.